The van der Waals surface area contributed by atoms with E-state index in [4.69, 9.17) is 17.3 Å². The van der Waals surface area contributed by atoms with Gasteiger partial charge in [0.1, 0.15) is 0 Å². The van der Waals surface area contributed by atoms with Crippen LogP contribution in [-0.2, 0) is 4.79 Å². The van der Waals surface area contributed by atoms with E-state index in [2.05, 4.69) is 13.8 Å². The molecule has 1 amide bonds. The van der Waals surface area contributed by atoms with Gasteiger partial charge in [0.15, 0.2) is 0 Å². The Labute approximate surface area is 127 Å². The van der Waals surface area contributed by atoms with E-state index >= 15 is 0 Å². The van der Waals surface area contributed by atoms with Crippen LogP contribution in [0.4, 0.5) is 0 Å². The zero-order chi connectivity index (χ0) is 15.3. The normalized spacial score (nSPS) is 15.5. The Kier molecular flexibility index (Phi) is 6.50. The summed E-state index contributed by atoms with van der Waals surface area (Å²) >= 11 is 5.90. The van der Waals surface area contributed by atoms with Gasteiger partial charge in [-0.25, -0.2) is 0 Å². The third-order valence-electron chi connectivity index (χ3n) is 3.94. The van der Waals surface area contributed by atoms with E-state index in [1.54, 1.807) is 0 Å². The first-order valence-corrected chi connectivity index (χ1v) is 7.47. The lowest BCUT2D eigenvalue weighted by atomic mass is 9.93. The number of likely N-dealkylation sites (N-methyl/N-ethyl adjacent to an activating group) is 1. The van der Waals surface area contributed by atoms with Gasteiger partial charge in [-0.1, -0.05) is 30.7 Å². The molecule has 0 aliphatic carbocycles. The highest BCUT2D eigenvalue weighted by Gasteiger charge is 2.22. The molecule has 1 aromatic rings. The van der Waals surface area contributed by atoms with Crippen LogP contribution < -0.4 is 5.73 Å². The van der Waals surface area contributed by atoms with Gasteiger partial charge in [-0.2, -0.15) is 0 Å². The summed E-state index contributed by atoms with van der Waals surface area (Å²) < 4.78 is 0. The fourth-order valence-corrected chi connectivity index (χ4v) is 2.26. The van der Waals surface area contributed by atoms with Gasteiger partial charge in [-0.05, 0) is 38.0 Å². The van der Waals surface area contributed by atoms with E-state index in [1.165, 1.54) is 5.56 Å². The fraction of sp³-hybridized carbons (Fsp3) is 0.562. The van der Waals surface area contributed by atoms with Crippen molar-refractivity contribution in [1.82, 2.24) is 4.90 Å². The maximum absolute atomic E-state index is 12.1. The quantitative estimate of drug-likeness (QED) is 0.874. The second-order valence-electron chi connectivity index (χ2n) is 5.60. The minimum atomic E-state index is 0.0661. The summed E-state index contributed by atoms with van der Waals surface area (Å²) in [7, 11) is 1.86. The molecule has 0 aromatic heterocycles. The molecule has 0 fully saturated rings. The molecule has 0 saturated heterocycles. The van der Waals surface area contributed by atoms with Gasteiger partial charge >= 0.3 is 0 Å². The van der Waals surface area contributed by atoms with Gasteiger partial charge in [0, 0.05) is 36.5 Å². The first-order valence-electron chi connectivity index (χ1n) is 7.09. The van der Waals surface area contributed by atoms with Crippen molar-refractivity contribution < 1.29 is 4.79 Å². The molecule has 3 atom stereocenters. The average Bonchev–Trinajstić information content (AvgIpc) is 2.43. The van der Waals surface area contributed by atoms with Crippen molar-refractivity contribution in [2.75, 3.05) is 7.05 Å². The highest BCUT2D eigenvalue weighted by molar-refractivity contribution is 6.30. The molecule has 0 saturated carbocycles. The van der Waals surface area contributed by atoms with Crippen LogP contribution in [0.1, 0.15) is 45.1 Å². The van der Waals surface area contributed by atoms with Crippen molar-refractivity contribution in [3.63, 3.8) is 0 Å². The molecule has 0 heterocycles. The van der Waals surface area contributed by atoms with E-state index in [1.807, 2.05) is 43.1 Å². The smallest absolute Gasteiger partial charge is 0.222 e. The molecule has 3 unspecified atom stereocenters. The van der Waals surface area contributed by atoms with Crippen LogP contribution in [0.25, 0.3) is 0 Å². The molecule has 20 heavy (non-hydrogen) atoms. The molecule has 0 radical (unpaired) electrons. The lowest BCUT2D eigenvalue weighted by Gasteiger charge is -2.30. The van der Waals surface area contributed by atoms with Crippen LogP contribution in [0.5, 0.6) is 0 Å². The van der Waals surface area contributed by atoms with Crippen LogP contribution in [-0.4, -0.2) is 29.9 Å². The van der Waals surface area contributed by atoms with Crippen LogP contribution >= 0.6 is 11.6 Å². The minimum absolute atomic E-state index is 0.0661. The third-order valence-corrected chi connectivity index (χ3v) is 4.19. The minimum Gasteiger partial charge on any atom is -0.342 e. The maximum atomic E-state index is 12.1. The standard InChI is InChI=1S/C16H25ClN2O/c1-11(18)5-10-16(20)19(4)13(3)12(2)14-6-8-15(17)9-7-14/h6-9,11-13H,5,10,18H2,1-4H3. The van der Waals surface area contributed by atoms with E-state index < -0.39 is 0 Å². The highest BCUT2D eigenvalue weighted by atomic mass is 35.5. The first kappa shape index (κ1) is 17.0. The third kappa shape index (κ3) is 4.80. The summed E-state index contributed by atoms with van der Waals surface area (Å²) in [6.45, 7) is 6.12. The Hall–Kier alpha value is -1.06. The molecule has 0 aliphatic rings. The summed E-state index contributed by atoms with van der Waals surface area (Å²) in [4.78, 5) is 13.9. The summed E-state index contributed by atoms with van der Waals surface area (Å²) in [6.07, 6.45) is 1.23. The predicted molar refractivity (Wildman–Crippen MR) is 85.0 cm³/mol. The van der Waals surface area contributed by atoms with Gasteiger partial charge in [-0.3, -0.25) is 4.79 Å². The predicted octanol–water partition coefficient (Wildman–Crippen LogP) is 3.42. The molecule has 1 rings (SSSR count). The number of benzene rings is 1. The van der Waals surface area contributed by atoms with Crippen molar-refractivity contribution in [2.24, 2.45) is 5.73 Å². The Balaban J connectivity index is 2.65. The van der Waals surface area contributed by atoms with Gasteiger partial charge in [0.25, 0.3) is 0 Å². The second-order valence-corrected chi connectivity index (χ2v) is 6.04. The Morgan fingerprint density at radius 2 is 1.80 bits per heavy atom. The molecule has 112 valence electrons. The van der Waals surface area contributed by atoms with E-state index in [0.29, 0.717) is 6.42 Å². The molecule has 4 heteroatoms. The van der Waals surface area contributed by atoms with Crippen LogP contribution in [0.2, 0.25) is 5.02 Å². The fourth-order valence-electron chi connectivity index (χ4n) is 2.13. The highest BCUT2D eigenvalue weighted by Crippen LogP contribution is 2.24. The van der Waals surface area contributed by atoms with Crippen molar-refractivity contribution in [2.45, 2.75) is 51.6 Å². The van der Waals surface area contributed by atoms with E-state index in [0.717, 1.165) is 11.4 Å². The number of carbonyl (C=O) groups excluding carboxylic acids is 1. The zero-order valence-corrected chi connectivity index (χ0v) is 13.5. The van der Waals surface area contributed by atoms with Crippen molar-refractivity contribution in [3.05, 3.63) is 34.9 Å². The molecule has 1 aromatic carbocycles. The lowest BCUT2D eigenvalue weighted by molar-refractivity contribution is -0.132. The molecule has 0 bridgehead atoms. The number of nitrogens with zero attached hydrogens (tertiary/aromatic N) is 1. The largest absolute Gasteiger partial charge is 0.342 e. The summed E-state index contributed by atoms with van der Waals surface area (Å²) in [5.74, 6) is 0.409. The topological polar surface area (TPSA) is 46.3 Å². The van der Waals surface area contributed by atoms with Gasteiger partial charge in [0.2, 0.25) is 5.91 Å². The SMILES string of the molecule is CC(N)CCC(=O)N(C)C(C)C(C)c1ccc(Cl)cc1. The number of rotatable bonds is 6. The van der Waals surface area contributed by atoms with Crippen LogP contribution in [0, 0.1) is 0 Å². The molecular weight excluding hydrogens is 272 g/mol. The van der Waals surface area contributed by atoms with Gasteiger partial charge < -0.3 is 10.6 Å². The van der Waals surface area contributed by atoms with Crippen molar-refractivity contribution >= 4 is 17.5 Å². The van der Waals surface area contributed by atoms with E-state index in [9.17, 15) is 4.79 Å². The lowest BCUT2D eigenvalue weighted by Crippen LogP contribution is -2.38. The first-order chi connectivity index (χ1) is 9.32. The molecular formula is C16H25ClN2O. The number of halogens is 1. The Bertz CT molecular complexity index is 431. The number of nitrogens with two attached hydrogens (primary N) is 1. The van der Waals surface area contributed by atoms with Gasteiger partial charge in [-0.15, -0.1) is 0 Å². The monoisotopic (exact) mass is 296 g/mol. The molecule has 3 nitrogen and oxygen atoms in total. The number of carbonyl (C=O) groups is 1. The molecule has 2 N–H and O–H groups in total. The van der Waals surface area contributed by atoms with E-state index in [-0.39, 0.29) is 23.9 Å². The number of hydrogen-bond acceptors (Lipinski definition) is 2. The number of amides is 1. The average molecular weight is 297 g/mol. The van der Waals surface area contributed by atoms with Crippen LogP contribution in [0.3, 0.4) is 0 Å². The zero-order valence-electron chi connectivity index (χ0n) is 12.8. The summed E-state index contributed by atoms with van der Waals surface area (Å²) in [5.41, 5.74) is 6.89. The second kappa shape index (κ2) is 7.65. The molecule has 0 aliphatic heterocycles. The van der Waals surface area contributed by atoms with Gasteiger partial charge in [0.05, 0.1) is 0 Å². The summed E-state index contributed by atoms with van der Waals surface area (Å²) in [5, 5.41) is 0.731. The Morgan fingerprint density at radius 1 is 1.25 bits per heavy atom. The van der Waals surface area contributed by atoms with Crippen molar-refractivity contribution in [1.29, 1.82) is 0 Å². The van der Waals surface area contributed by atoms with Crippen molar-refractivity contribution in [3.8, 4) is 0 Å². The van der Waals surface area contributed by atoms with Crippen LogP contribution in [0.15, 0.2) is 24.3 Å². The summed E-state index contributed by atoms with van der Waals surface area (Å²) in [6, 6.07) is 8.01. The molecule has 0 spiro atoms. The Morgan fingerprint density at radius 3 is 2.30 bits per heavy atom. The maximum Gasteiger partial charge on any atom is 0.222 e. The number of hydrogen-bond donors (Lipinski definition) is 1.